The van der Waals surface area contributed by atoms with E-state index in [-0.39, 0.29) is 12.5 Å². The van der Waals surface area contributed by atoms with Gasteiger partial charge in [-0.15, -0.1) is 16.4 Å². The Labute approximate surface area is 102 Å². The molecule has 0 fully saturated rings. The lowest BCUT2D eigenvalue weighted by Gasteiger charge is -2.02. The summed E-state index contributed by atoms with van der Waals surface area (Å²) in [6.45, 7) is 0.887. The number of carbonyl (C=O) groups excluding carboxylic acids is 1. The monoisotopic (exact) mass is 252 g/mol. The number of hydrogen-bond acceptors (Lipinski definition) is 6. The zero-order valence-electron chi connectivity index (χ0n) is 9.04. The van der Waals surface area contributed by atoms with Crippen LogP contribution in [-0.4, -0.2) is 25.9 Å². The van der Waals surface area contributed by atoms with Gasteiger partial charge in [0.25, 0.3) is 0 Å². The summed E-state index contributed by atoms with van der Waals surface area (Å²) in [5, 5.41) is 12.2. The fourth-order valence-electron chi connectivity index (χ4n) is 1.23. The summed E-state index contributed by atoms with van der Waals surface area (Å²) in [6.07, 6.45) is 1.66. The molecule has 0 saturated heterocycles. The topological polar surface area (TPSA) is 98.7 Å². The molecule has 2 rings (SSSR count). The molecule has 0 bridgehead atoms. The van der Waals surface area contributed by atoms with Crippen LogP contribution in [-0.2, 0) is 24.4 Å². The first-order valence-electron chi connectivity index (χ1n) is 5.01. The second-order valence-electron chi connectivity index (χ2n) is 3.37. The van der Waals surface area contributed by atoms with Crippen molar-refractivity contribution in [3.05, 3.63) is 28.5 Å². The molecule has 0 aliphatic heterocycles. The number of rotatable bonds is 5. The van der Waals surface area contributed by atoms with Gasteiger partial charge in [0.15, 0.2) is 0 Å². The minimum Gasteiger partial charge on any atom is -0.349 e. The average molecular weight is 252 g/mol. The number of aromatic nitrogens is 4. The van der Waals surface area contributed by atoms with Crippen LogP contribution in [0.5, 0.6) is 0 Å². The van der Waals surface area contributed by atoms with Crippen molar-refractivity contribution in [1.82, 2.24) is 25.3 Å². The van der Waals surface area contributed by atoms with Gasteiger partial charge >= 0.3 is 0 Å². The Bertz CT molecular complexity index is 479. The van der Waals surface area contributed by atoms with Gasteiger partial charge in [0, 0.05) is 11.9 Å². The van der Waals surface area contributed by atoms with Crippen molar-refractivity contribution in [2.75, 3.05) is 0 Å². The lowest BCUT2D eigenvalue weighted by molar-refractivity contribution is -0.122. The summed E-state index contributed by atoms with van der Waals surface area (Å²) in [7, 11) is 0. The van der Waals surface area contributed by atoms with Crippen LogP contribution in [0.25, 0.3) is 0 Å². The molecule has 0 saturated carbocycles. The molecule has 17 heavy (non-hydrogen) atoms. The van der Waals surface area contributed by atoms with Gasteiger partial charge in [-0.1, -0.05) is 5.21 Å². The zero-order chi connectivity index (χ0) is 12.1. The molecule has 2 aromatic heterocycles. The van der Waals surface area contributed by atoms with Crippen molar-refractivity contribution in [2.45, 2.75) is 19.6 Å². The minimum absolute atomic E-state index is 0.133. The van der Waals surface area contributed by atoms with Crippen molar-refractivity contribution in [2.24, 2.45) is 5.73 Å². The van der Waals surface area contributed by atoms with Crippen molar-refractivity contribution in [3.63, 3.8) is 0 Å². The van der Waals surface area contributed by atoms with Crippen LogP contribution in [0.2, 0.25) is 0 Å². The third-order valence-corrected chi connectivity index (χ3v) is 2.69. The van der Waals surface area contributed by atoms with E-state index in [2.05, 4.69) is 20.6 Å². The molecule has 0 aliphatic carbocycles. The molecule has 2 aromatic rings. The van der Waals surface area contributed by atoms with Crippen LogP contribution in [0, 0.1) is 0 Å². The van der Waals surface area contributed by atoms with Crippen molar-refractivity contribution >= 4 is 17.2 Å². The molecule has 3 N–H and O–H groups in total. The first kappa shape index (κ1) is 11.7. The van der Waals surface area contributed by atoms with Gasteiger partial charge in [-0.2, -0.15) is 0 Å². The zero-order valence-corrected chi connectivity index (χ0v) is 9.85. The fraction of sp³-hybridized carbons (Fsp3) is 0.333. The number of nitrogens with two attached hydrogens (primary N) is 1. The van der Waals surface area contributed by atoms with Gasteiger partial charge < -0.3 is 11.1 Å². The predicted octanol–water partition coefficient (Wildman–Crippen LogP) is -0.490. The Morgan fingerprint density at radius 1 is 1.53 bits per heavy atom. The largest absolute Gasteiger partial charge is 0.349 e. The Kier molecular flexibility index (Phi) is 3.78. The second kappa shape index (κ2) is 5.51. The van der Waals surface area contributed by atoms with Gasteiger partial charge in [-0.05, 0) is 0 Å². The van der Waals surface area contributed by atoms with Crippen LogP contribution in [0.1, 0.15) is 11.4 Å². The summed E-state index contributed by atoms with van der Waals surface area (Å²) >= 11 is 1.50. The molecular weight excluding hydrogens is 240 g/mol. The van der Waals surface area contributed by atoms with Crippen molar-refractivity contribution in [1.29, 1.82) is 0 Å². The van der Waals surface area contributed by atoms with E-state index in [1.165, 1.54) is 16.0 Å². The van der Waals surface area contributed by atoms with Gasteiger partial charge in [-0.3, -0.25) is 4.79 Å². The molecule has 7 nitrogen and oxygen atoms in total. The molecule has 2 heterocycles. The normalized spacial score (nSPS) is 10.4. The number of hydrogen-bond donors (Lipinski definition) is 2. The maximum absolute atomic E-state index is 11.5. The van der Waals surface area contributed by atoms with E-state index in [1.54, 1.807) is 11.7 Å². The molecule has 90 valence electrons. The summed E-state index contributed by atoms with van der Waals surface area (Å²) in [4.78, 5) is 15.6. The first-order valence-corrected chi connectivity index (χ1v) is 5.95. The Morgan fingerprint density at radius 3 is 3.06 bits per heavy atom. The maximum Gasteiger partial charge on any atom is 0.242 e. The van der Waals surface area contributed by atoms with E-state index in [4.69, 9.17) is 5.73 Å². The minimum atomic E-state index is -0.133. The quantitative estimate of drug-likeness (QED) is 0.748. The molecule has 0 aliphatic rings. The Hall–Kier alpha value is -1.80. The van der Waals surface area contributed by atoms with Gasteiger partial charge in [0.1, 0.15) is 6.54 Å². The maximum atomic E-state index is 11.5. The molecular formula is C9H12N6OS. The lowest BCUT2D eigenvalue weighted by atomic mass is 10.4. The van der Waals surface area contributed by atoms with Crippen LogP contribution in [0.15, 0.2) is 17.1 Å². The molecule has 0 unspecified atom stereocenters. The number of carbonyl (C=O) groups is 1. The van der Waals surface area contributed by atoms with Crippen LogP contribution in [0.4, 0.5) is 0 Å². The molecule has 8 heteroatoms. The van der Waals surface area contributed by atoms with Crippen LogP contribution in [0.3, 0.4) is 0 Å². The van der Waals surface area contributed by atoms with Crippen LogP contribution >= 0.6 is 11.3 Å². The van der Waals surface area contributed by atoms with E-state index in [0.717, 1.165) is 5.69 Å². The highest BCUT2D eigenvalue weighted by atomic mass is 32.1. The summed E-state index contributed by atoms with van der Waals surface area (Å²) in [6, 6.07) is 0. The first-order chi connectivity index (χ1) is 8.28. The average Bonchev–Trinajstić information content (AvgIpc) is 2.97. The highest BCUT2D eigenvalue weighted by Crippen LogP contribution is 1.99. The van der Waals surface area contributed by atoms with E-state index in [0.29, 0.717) is 18.8 Å². The SMILES string of the molecule is NCc1cn(CC(=O)NCc2cscn2)nn1. The Morgan fingerprint density at radius 2 is 2.41 bits per heavy atom. The van der Waals surface area contributed by atoms with Crippen molar-refractivity contribution in [3.8, 4) is 0 Å². The fourth-order valence-corrected chi connectivity index (χ4v) is 1.78. The molecule has 0 radical (unpaired) electrons. The smallest absolute Gasteiger partial charge is 0.242 e. The van der Waals surface area contributed by atoms with Gasteiger partial charge in [-0.25, -0.2) is 9.67 Å². The second-order valence-corrected chi connectivity index (χ2v) is 4.09. The molecule has 0 spiro atoms. The molecule has 0 aromatic carbocycles. The lowest BCUT2D eigenvalue weighted by Crippen LogP contribution is -2.27. The van der Waals surface area contributed by atoms with Gasteiger partial charge in [0.05, 0.1) is 29.6 Å². The van der Waals surface area contributed by atoms with E-state index < -0.39 is 0 Å². The number of nitrogens with one attached hydrogen (secondary N) is 1. The molecule has 1 amide bonds. The third kappa shape index (κ3) is 3.33. The van der Waals surface area contributed by atoms with Crippen molar-refractivity contribution < 1.29 is 4.79 Å². The number of thiazole rings is 1. The highest BCUT2D eigenvalue weighted by molar-refractivity contribution is 7.07. The number of amides is 1. The summed E-state index contributed by atoms with van der Waals surface area (Å²) < 4.78 is 1.46. The highest BCUT2D eigenvalue weighted by Gasteiger charge is 2.05. The standard InChI is InChI=1S/C9H12N6OS/c10-1-7-3-15(14-13-7)4-9(16)11-2-8-5-17-6-12-8/h3,5-6H,1-2,4,10H2,(H,11,16). The summed E-state index contributed by atoms with van der Waals surface area (Å²) in [5.74, 6) is -0.133. The van der Waals surface area contributed by atoms with E-state index in [9.17, 15) is 4.79 Å². The molecule has 0 atom stereocenters. The number of nitrogens with zero attached hydrogens (tertiary/aromatic N) is 4. The predicted molar refractivity (Wildman–Crippen MR) is 61.9 cm³/mol. The van der Waals surface area contributed by atoms with E-state index >= 15 is 0 Å². The third-order valence-electron chi connectivity index (χ3n) is 2.05. The van der Waals surface area contributed by atoms with Crippen LogP contribution < -0.4 is 11.1 Å². The Balaban J connectivity index is 1.81. The van der Waals surface area contributed by atoms with Gasteiger partial charge in [0.2, 0.25) is 5.91 Å². The summed E-state index contributed by atoms with van der Waals surface area (Å²) in [5.41, 5.74) is 8.64. The van der Waals surface area contributed by atoms with E-state index in [1.807, 2.05) is 5.38 Å².